The quantitative estimate of drug-likeness (QED) is 0.730. The summed E-state index contributed by atoms with van der Waals surface area (Å²) in [4.78, 5) is 3.93. The van der Waals surface area contributed by atoms with Crippen molar-refractivity contribution in [3.8, 4) is 11.3 Å². The van der Waals surface area contributed by atoms with E-state index in [2.05, 4.69) is 4.98 Å². The third kappa shape index (κ3) is 2.11. The molecule has 2 rings (SSSR count). The molecule has 15 heavy (non-hydrogen) atoms. The van der Waals surface area contributed by atoms with Crippen LogP contribution in [0.1, 0.15) is 0 Å². The first-order valence-electron chi connectivity index (χ1n) is 4.24. The zero-order valence-corrected chi connectivity index (χ0v) is 9.06. The van der Waals surface area contributed by atoms with E-state index in [1.165, 1.54) is 18.3 Å². The van der Waals surface area contributed by atoms with Crippen LogP contribution < -0.4 is 0 Å². The third-order valence-electron chi connectivity index (χ3n) is 1.94. The molecule has 0 aliphatic heterocycles. The molecule has 0 fully saturated rings. The van der Waals surface area contributed by atoms with E-state index in [0.29, 0.717) is 15.6 Å². The number of rotatable bonds is 1. The molecule has 2 aromatic rings. The molecule has 0 atom stereocenters. The Morgan fingerprint density at radius 2 is 1.93 bits per heavy atom. The van der Waals surface area contributed by atoms with Gasteiger partial charge in [-0.2, -0.15) is 0 Å². The smallest absolute Gasteiger partial charge is 0.149 e. The van der Waals surface area contributed by atoms with Gasteiger partial charge in [0.25, 0.3) is 0 Å². The molecule has 0 N–H and O–H groups in total. The number of hydrogen-bond acceptors (Lipinski definition) is 1. The van der Waals surface area contributed by atoms with Gasteiger partial charge in [-0.25, -0.2) is 4.39 Å². The Balaban J connectivity index is 2.64. The first kappa shape index (κ1) is 10.4. The van der Waals surface area contributed by atoms with Crippen molar-refractivity contribution < 1.29 is 4.39 Å². The molecule has 0 aliphatic carbocycles. The summed E-state index contributed by atoms with van der Waals surface area (Å²) in [5.74, 6) is -0.415. The van der Waals surface area contributed by atoms with E-state index in [0.717, 1.165) is 0 Å². The van der Waals surface area contributed by atoms with Gasteiger partial charge < -0.3 is 0 Å². The number of aromatic nitrogens is 1. The molecule has 0 spiro atoms. The van der Waals surface area contributed by atoms with E-state index in [1.807, 2.05) is 0 Å². The fourth-order valence-electron chi connectivity index (χ4n) is 1.26. The van der Waals surface area contributed by atoms with Gasteiger partial charge in [-0.1, -0.05) is 23.2 Å². The lowest BCUT2D eigenvalue weighted by Crippen LogP contribution is -1.88. The fraction of sp³-hybridized carbons (Fsp3) is 0. The van der Waals surface area contributed by atoms with E-state index in [1.54, 1.807) is 18.2 Å². The second-order valence-electron chi connectivity index (χ2n) is 2.96. The second-order valence-corrected chi connectivity index (χ2v) is 3.80. The van der Waals surface area contributed by atoms with Crippen LogP contribution in [0.15, 0.2) is 36.5 Å². The van der Waals surface area contributed by atoms with Crippen molar-refractivity contribution in [1.29, 1.82) is 0 Å². The van der Waals surface area contributed by atoms with Gasteiger partial charge in [-0.05, 0) is 30.3 Å². The number of pyridine rings is 1. The Morgan fingerprint density at radius 3 is 2.67 bits per heavy atom. The zero-order valence-electron chi connectivity index (χ0n) is 7.55. The highest BCUT2D eigenvalue weighted by Gasteiger charge is 2.09. The highest BCUT2D eigenvalue weighted by Crippen LogP contribution is 2.30. The predicted octanol–water partition coefficient (Wildman–Crippen LogP) is 4.19. The maximum atomic E-state index is 13.4. The average Bonchev–Trinajstić information content (AvgIpc) is 2.23. The van der Waals surface area contributed by atoms with Crippen molar-refractivity contribution in [2.24, 2.45) is 0 Å². The average molecular weight is 242 g/mol. The molecule has 4 heteroatoms. The summed E-state index contributed by atoms with van der Waals surface area (Å²) < 4.78 is 13.4. The van der Waals surface area contributed by atoms with Crippen molar-refractivity contribution in [2.75, 3.05) is 0 Å². The number of nitrogens with zero attached hydrogens (tertiary/aromatic N) is 1. The lowest BCUT2D eigenvalue weighted by atomic mass is 10.1. The molecule has 0 bridgehead atoms. The highest BCUT2D eigenvalue weighted by molar-refractivity contribution is 6.35. The van der Waals surface area contributed by atoms with E-state index in [-0.39, 0.29) is 5.69 Å². The standard InChI is InChI=1S/C11H6Cl2FN/c12-7-3-4-9(13)8(6-7)11-10(14)2-1-5-15-11/h1-6H. The van der Waals surface area contributed by atoms with Crippen LogP contribution in [0.2, 0.25) is 10.0 Å². The molecule has 0 unspecified atom stereocenters. The Labute approximate surface area is 96.5 Å². The van der Waals surface area contributed by atoms with Gasteiger partial charge in [-0.3, -0.25) is 4.98 Å². The minimum absolute atomic E-state index is 0.213. The highest BCUT2D eigenvalue weighted by atomic mass is 35.5. The molecule has 1 nitrogen and oxygen atoms in total. The van der Waals surface area contributed by atoms with Crippen LogP contribution in [0, 0.1) is 5.82 Å². The van der Waals surface area contributed by atoms with E-state index in [4.69, 9.17) is 23.2 Å². The van der Waals surface area contributed by atoms with Gasteiger partial charge in [0.2, 0.25) is 0 Å². The topological polar surface area (TPSA) is 12.9 Å². The van der Waals surface area contributed by atoms with E-state index < -0.39 is 5.82 Å². The van der Waals surface area contributed by atoms with Crippen molar-refractivity contribution in [3.63, 3.8) is 0 Å². The summed E-state index contributed by atoms with van der Waals surface area (Å²) >= 11 is 11.7. The fourth-order valence-corrected chi connectivity index (χ4v) is 1.64. The molecule has 0 saturated carbocycles. The molecular formula is C11H6Cl2FN. The summed E-state index contributed by atoms with van der Waals surface area (Å²) in [7, 11) is 0. The summed E-state index contributed by atoms with van der Waals surface area (Å²) in [6, 6.07) is 7.72. The molecule has 0 saturated heterocycles. The Bertz CT molecular complexity index is 500. The van der Waals surface area contributed by atoms with Gasteiger partial charge in [-0.15, -0.1) is 0 Å². The maximum Gasteiger partial charge on any atom is 0.149 e. The molecule has 1 aromatic carbocycles. The monoisotopic (exact) mass is 241 g/mol. The lowest BCUT2D eigenvalue weighted by molar-refractivity contribution is 0.626. The van der Waals surface area contributed by atoms with Gasteiger partial charge in [0, 0.05) is 16.8 Å². The molecule has 1 aromatic heterocycles. The second kappa shape index (κ2) is 4.17. The first-order chi connectivity index (χ1) is 7.18. The van der Waals surface area contributed by atoms with Gasteiger partial charge in [0.05, 0.1) is 5.02 Å². The minimum atomic E-state index is -0.415. The third-order valence-corrected chi connectivity index (χ3v) is 2.51. The number of benzene rings is 1. The predicted molar refractivity (Wildman–Crippen MR) is 59.7 cm³/mol. The van der Waals surface area contributed by atoms with Crippen LogP contribution >= 0.6 is 23.2 Å². The number of halogens is 3. The van der Waals surface area contributed by atoms with Crippen LogP contribution in [0.25, 0.3) is 11.3 Å². The van der Waals surface area contributed by atoms with Crippen LogP contribution in [-0.2, 0) is 0 Å². The van der Waals surface area contributed by atoms with Crippen LogP contribution in [0.5, 0.6) is 0 Å². The minimum Gasteiger partial charge on any atom is -0.253 e. The van der Waals surface area contributed by atoms with Crippen molar-refractivity contribution in [2.45, 2.75) is 0 Å². The van der Waals surface area contributed by atoms with Gasteiger partial charge in [0.1, 0.15) is 11.5 Å². The first-order valence-corrected chi connectivity index (χ1v) is 5.00. The molecular weight excluding hydrogens is 236 g/mol. The van der Waals surface area contributed by atoms with Gasteiger partial charge >= 0.3 is 0 Å². The lowest BCUT2D eigenvalue weighted by Gasteiger charge is -2.04. The van der Waals surface area contributed by atoms with E-state index in [9.17, 15) is 4.39 Å². The van der Waals surface area contributed by atoms with Crippen LogP contribution in [0.4, 0.5) is 4.39 Å². The Morgan fingerprint density at radius 1 is 1.13 bits per heavy atom. The summed E-state index contributed by atoms with van der Waals surface area (Å²) in [6.07, 6.45) is 1.51. The van der Waals surface area contributed by atoms with Crippen LogP contribution in [0.3, 0.4) is 0 Å². The zero-order chi connectivity index (χ0) is 10.8. The Hall–Kier alpha value is -1.12. The largest absolute Gasteiger partial charge is 0.253 e. The molecule has 0 amide bonds. The summed E-state index contributed by atoms with van der Waals surface area (Å²) in [5, 5.41) is 0.927. The normalized spacial score (nSPS) is 10.3. The molecule has 76 valence electrons. The Kier molecular flexibility index (Phi) is 2.89. The van der Waals surface area contributed by atoms with Gasteiger partial charge in [0.15, 0.2) is 0 Å². The molecule has 0 radical (unpaired) electrons. The maximum absolute atomic E-state index is 13.4. The van der Waals surface area contributed by atoms with Crippen molar-refractivity contribution in [1.82, 2.24) is 4.98 Å². The summed E-state index contributed by atoms with van der Waals surface area (Å²) in [5.41, 5.74) is 0.715. The van der Waals surface area contributed by atoms with Crippen LogP contribution in [-0.4, -0.2) is 4.98 Å². The molecule has 1 heterocycles. The summed E-state index contributed by atoms with van der Waals surface area (Å²) in [6.45, 7) is 0. The van der Waals surface area contributed by atoms with Crippen molar-refractivity contribution >= 4 is 23.2 Å². The van der Waals surface area contributed by atoms with Crippen molar-refractivity contribution in [3.05, 3.63) is 52.4 Å². The SMILES string of the molecule is Fc1cccnc1-c1cc(Cl)ccc1Cl. The van der Waals surface area contributed by atoms with E-state index >= 15 is 0 Å². The molecule has 0 aliphatic rings. The number of hydrogen-bond donors (Lipinski definition) is 0.